The topological polar surface area (TPSA) is 58.6 Å². The molecule has 0 aromatic carbocycles. The Balaban J connectivity index is 1.68. The van der Waals surface area contributed by atoms with Crippen LogP contribution in [0.4, 0.5) is 0 Å². The average Bonchev–Trinajstić information content (AvgIpc) is 2.66. The maximum Gasteiger partial charge on any atom is 0.228 e. The molecule has 25 heavy (non-hydrogen) atoms. The van der Waals surface area contributed by atoms with Crippen molar-refractivity contribution in [3.63, 3.8) is 0 Å². The second-order valence-electron chi connectivity index (χ2n) is 8.21. The van der Waals surface area contributed by atoms with Gasteiger partial charge in [-0.05, 0) is 38.0 Å². The Morgan fingerprint density at radius 1 is 1.16 bits per heavy atom. The molecule has 0 unspecified atom stereocenters. The Hall–Kier alpha value is -1.10. The van der Waals surface area contributed by atoms with Gasteiger partial charge < -0.3 is 15.0 Å². The highest BCUT2D eigenvalue weighted by molar-refractivity contribution is 5.88. The number of carbonyl (C=O) groups excluding carboxylic acids is 2. The van der Waals surface area contributed by atoms with E-state index in [-0.39, 0.29) is 23.3 Å². The Labute approximate surface area is 151 Å². The van der Waals surface area contributed by atoms with Gasteiger partial charge in [-0.25, -0.2) is 0 Å². The van der Waals surface area contributed by atoms with Crippen LogP contribution < -0.4 is 5.32 Å². The van der Waals surface area contributed by atoms with Crippen molar-refractivity contribution in [2.24, 2.45) is 11.3 Å². The molecule has 1 heterocycles. The van der Waals surface area contributed by atoms with Gasteiger partial charge >= 0.3 is 0 Å². The van der Waals surface area contributed by atoms with Crippen molar-refractivity contribution in [1.82, 2.24) is 10.2 Å². The number of amides is 2. The fraction of sp³-hybridized carbons (Fsp3) is 0.900. The van der Waals surface area contributed by atoms with Crippen LogP contribution in [0.5, 0.6) is 0 Å². The normalized spacial score (nSPS) is 30.8. The minimum Gasteiger partial charge on any atom is -0.383 e. The summed E-state index contributed by atoms with van der Waals surface area (Å²) in [5.41, 5.74) is -0.366. The minimum absolute atomic E-state index is 0.0593. The van der Waals surface area contributed by atoms with E-state index in [2.05, 4.69) is 5.32 Å². The first-order valence-corrected chi connectivity index (χ1v) is 10.2. The minimum atomic E-state index is -0.366. The van der Waals surface area contributed by atoms with Crippen molar-refractivity contribution in [3.8, 4) is 0 Å². The zero-order valence-electron chi connectivity index (χ0n) is 15.7. The molecule has 0 bridgehead atoms. The van der Waals surface area contributed by atoms with Gasteiger partial charge in [0.15, 0.2) is 0 Å². The number of hydrogen-bond acceptors (Lipinski definition) is 3. The highest BCUT2D eigenvalue weighted by Gasteiger charge is 2.53. The first-order chi connectivity index (χ1) is 12.2. The summed E-state index contributed by atoms with van der Waals surface area (Å²) in [7, 11) is 1.67. The summed E-state index contributed by atoms with van der Waals surface area (Å²) in [6, 6.07) is 0.0593. The maximum atomic E-state index is 13.2. The second kappa shape index (κ2) is 8.52. The van der Waals surface area contributed by atoms with Crippen LogP contribution in [0.2, 0.25) is 0 Å². The van der Waals surface area contributed by atoms with E-state index in [0.717, 1.165) is 38.6 Å². The van der Waals surface area contributed by atoms with Gasteiger partial charge in [-0.15, -0.1) is 0 Å². The fourth-order valence-electron chi connectivity index (χ4n) is 5.27. The number of likely N-dealkylation sites (tertiary alicyclic amines) is 1. The molecule has 2 saturated carbocycles. The van der Waals surface area contributed by atoms with E-state index in [1.165, 1.54) is 32.1 Å². The van der Waals surface area contributed by atoms with E-state index in [9.17, 15) is 9.59 Å². The second-order valence-corrected chi connectivity index (χ2v) is 8.21. The third-order valence-corrected chi connectivity index (χ3v) is 6.73. The third kappa shape index (κ3) is 4.02. The van der Waals surface area contributed by atoms with E-state index >= 15 is 0 Å². The molecule has 1 N–H and O–H groups in total. The van der Waals surface area contributed by atoms with Crippen molar-refractivity contribution in [2.75, 3.05) is 26.8 Å². The Kier molecular flexibility index (Phi) is 6.37. The van der Waals surface area contributed by atoms with Gasteiger partial charge in [-0.3, -0.25) is 9.59 Å². The van der Waals surface area contributed by atoms with Crippen LogP contribution in [-0.2, 0) is 14.3 Å². The summed E-state index contributed by atoms with van der Waals surface area (Å²) in [4.78, 5) is 27.7. The van der Waals surface area contributed by atoms with Gasteiger partial charge in [0.2, 0.25) is 11.8 Å². The molecular formula is C20H34N2O3. The highest BCUT2D eigenvalue weighted by Crippen LogP contribution is 2.46. The zero-order valence-corrected chi connectivity index (χ0v) is 15.7. The number of fused-ring (bicyclic) bond motifs is 1. The van der Waals surface area contributed by atoms with E-state index in [0.29, 0.717) is 25.5 Å². The molecular weight excluding hydrogens is 316 g/mol. The average molecular weight is 351 g/mol. The number of ether oxygens (including phenoxy) is 1. The van der Waals surface area contributed by atoms with Crippen LogP contribution in [0, 0.1) is 11.3 Å². The molecule has 142 valence electrons. The Morgan fingerprint density at radius 3 is 2.68 bits per heavy atom. The predicted octanol–water partition coefficient (Wildman–Crippen LogP) is 2.88. The molecule has 5 nitrogen and oxygen atoms in total. The summed E-state index contributed by atoms with van der Waals surface area (Å²) >= 11 is 0. The molecule has 5 heteroatoms. The zero-order chi connectivity index (χ0) is 17.7. The summed E-state index contributed by atoms with van der Waals surface area (Å²) in [6.07, 6.45) is 11.7. The van der Waals surface area contributed by atoms with E-state index in [4.69, 9.17) is 4.74 Å². The quantitative estimate of drug-likeness (QED) is 0.801. The summed E-state index contributed by atoms with van der Waals surface area (Å²) < 4.78 is 5.20. The Morgan fingerprint density at radius 2 is 1.92 bits per heavy atom. The number of hydrogen-bond donors (Lipinski definition) is 1. The lowest BCUT2D eigenvalue weighted by Crippen LogP contribution is -2.62. The summed E-state index contributed by atoms with van der Waals surface area (Å²) in [5.74, 6) is 1.04. The molecule has 0 aromatic rings. The van der Waals surface area contributed by atoms with Crippen molar-refractivity contribution >= 4 is 11.8 Å². The van der Waals surface area contributed by atoms with Crippen molar-refractivity contribution < 1.29 is 14.3 Å². The molecule has 2 aliphatic carbocycles. The van der Waals surface area contributed by atoms with Crippen LogP contribution in [0.1, 0.15) is 70.6 Å². The number of piperidine rings is 1. The van der Waals surface area contributed by atoms with Crippen LogP contribution >= 0.6 is 0 Å². The first kappa shape index (κ1) is 18.7. The molecule has 3 aliphatic rings. The number of nitrogens with one attached hydrogen (secondary N) is 1. The lowest BCUT2D eigenvalue weighted by molar-refractivity contribution is -0.156. The van der Waals surface area contributed by atoms with Gasteiger partial charge in [0.1, 0.15) is 0 Å². The molecule has 0 spiro atoms. The van der Waals surface area contributed by atoms with Crippen LogP contribution in [0.15, 0.2) is 0 Å². The lowest BCUT2D eigenvalue weighted by Gasteiger charge is -2.51. The lowest BCUT2D eigenvalue weighted by atomic mass is 9.64. The predicted molar refractivity (Wildman–Crippen MR) is 97.1 cm³/mol. The largest absolute Gasteiger partial charge is 0.383 e. The molecule has 3 fully saturated rings. The van der Waals surface area contributed by atoms with Crippen molar-refractivity contribution in [3.05, 3.63) is 0 Å². The molecule has 1 saturated heterocycles. The van der Waals surface area contributed by atoms with E-state index in [1.54, 1.807) is 7.11 Å². The monoisotopic (exact) mass is 350 g/mol. The third-order valence-electron chi connectivity index (χ3n) is 6.73. The maximum absolute atomic E-state index is 13.2. The fourth-order valence-corrected chi connectivity index (χ4v) is 5.27. The number of methoxy groups -OCH3 is 1. The molecule has 2 amide bonds. The standard InChI is InChI=1S/C20H34N2O3/c1-25-14-13-22-17-9-5-6-11-20(17,12-10-18(22)23)19(24)21-15-16-7-3-2-4-8-16/h16-17H,2-15H2,1H3,(H,21,24)/t17-,20-/m1/s1. The number of nitrogens with zero attached hydrogens (tertiary/aromatic N) is 1. The number of rotatable bonds is 6. The highest BCUT2D eigenvalue weighted by atomic mass is 16.5. The molecule has 1 aliphatic heterocycles. The van der Waals surface area contributed by atoms with Gasteiger partial charge in [-0.2, -0.15) is 0 Å². The molecule has 0 radical (unpaired) electrons. The van der Waals surface area contributed by atoms with Gasteiger partial charge in [-0.1, -0.05) is 32.1 Å². The SMILES string of the molecule is COCCN1C(=O)CC[C@]2(C(=O)NCC3CCCCC3)CCCC[C@@H]12. The smallest absolute Gasteiger partial charge is 0.228 e. The Bertz CT molecular complexity index is 476. The van der Waals surface area contributed by atoms with Crippen LogP contribution in [-0.4, -0.2) is 49.6 Å². The van der Waals surface area contributed by atoms with Crippen molar-refractivity contribution in [1.29, 1.82) is 0 Å². The van der Waals surface area contributed by atoms with Crippen molar-refractivity contribution in [2.45, 2.75) is 76.7 Å². The van der Waals surface area contributed by atoms with Crippen LogP contribution in [0.25, 0.3) is 0 Å². The van der Waals surface area contributed by atoms with E-state index < -0.39 is 0 Å². The van der Waals surface area contributed by atoms with Gasteiger partial charge in [0.05, 0.1) is 12.0 Å². The van der Waals surface area contributed by atoms with Crippen LogP contribution in [0.3, 0.4) is 0 Å². The molecule has 0 aromatic heterocycles. The van der Waals surface area contributed by atoms with E-state index in [1.807, 2.05) is 4.90 Å². The summed E-state index contributed by atoms with van der Waals surface area (Å²) in [6.45, 7) is 1.97. The van der Waals surface area contributed by atoms with Gasteiger partial charge in [0.25, 0.3) is 0 Å². The summed E-state index contributed by atoms with van der Waals surface area (Å²) in [5, 5.41) is 3.30. The molecule has 2 atom stereocenters. The number of carbonyl (C=O) groups is 2. The molecule has 3 rings (SSSR count). The van der Waals surface area contributed by atoms with Gasteiger partial charge in [0, 0.05) is 32.7 Å². The first-order valence-electron chi connectivity index (χ1n) is 10.2.